The quantitative estimate of drug-likeness (QED) is 0.732. The van der Waals surface area contributed by atoms with Gasteiger partial charge < -0.3 is 4.90 Å². The van der Waals surface area contributed by atoms with Crippen molar-refractivity contribution in [1.29, 1.82) is 0 Å². The van der Waals surface area contributed by atoms with E-state index >= 15 is 0 Å². The van der Waals surface area contributed by atoms with Gasteiger partial charge in [0.05, 0.1) is 11.1 Å². The zero-order chi connectivity index (χ0) is 19.5. The molecule has 3 heterocycles. The van der Waals surface area contributed by atoms with Crippen LogP contribution in [0, 0.1) is 12.8 Å². The molecule has 0 atom stereocenters. The van der Waals surface area contributed by atoms with E-state index in [2.05, 4.69) is 52.2 Å². The van der Waals surface area contributed by atoms with Gasteiger partial charge >= 0.3 is 0 Å². The molecule has 0 unspecified atom stereocenters. The van der Waals surface area contributed by atoms with Crippen LogP contribution in [0.15, 0.2) is 46.4 Å². The highest BCUT2D eigenvalue weighted by atomic mass is 32.2. The number of amidine groups is 1. The summed E-state index contributed by atoms with van der Waals surface area (Å²) in [6, 6.07) is 10.7. The third kappa shape index (κ3) is 4.07. The van der Waals surface area contributed by atoms with Gasteiger partial charge in [-0.2, -0.15) is 10.1 Å². The minimum absolute atomic E-state index is 0.130. The molecule has 1 aromatic heterocycles. The maximum atomic E-state index is 12.4. The predicted molar refractivity (Wildman–Crippen MR) is 115 cm³/mol. The Morgan fingerprint density at radius 3 is 2.64 bits per heavy atom. The smallest absolute Gasteiger partial charge is 0.286 e. The Morgan fingerprint density at radius 2 is 1.96 bits per heavy atom. The normalized spacial score (nSPS) is 19.5. The standard InChI is InChI=1S/C22H26N4OS/c1-3-26-16(2)19(15-23-26)14-20-21(27)24-22(28-20)25-11-9-18(10-12-25)13-17-7-5-4-6-8-17/h4-8,14-15,18H,3,9-13H2,1-2H3. The van der Waals surface area contributed by atoms with Crippen molar-refractivity contribution < 1.29 is 4.79 Å². The van der Waals surface area contributed by atoms with E-state index in [9.17, 15) is 4.79 Å². The monoisotopic (exact) mass is 394 g/mol. The van der Waals surface area contributed by atoms with Crippen molar-refractivity contribution in [3.8, 4) is 0 Å². The molecule has 1 saturated heterocycles. The first-order valence-corrected chi connectivity index (χ1v) is 10.8. The third-order valence-corrected chi connectivity index (χ3v) is 6.63. The highest BCUT2D eigenvalue weighted by Gasteiger charge is 2.29. The molecule has 0 spiro atoms. The lowest BCUT2D eigenvalue weighted by Gasteiger charge is -2.32. The molecule has 1 fully saturated rings. The molecule has 1 amide bonds. The number of benzene rings is 1. The van der Waals surface area contributed by atoms with Crippen LogP contribution in [0.2, 0.25) is 0 Å². The van der Waals surface area contributed by atoms with Crippen LogP contribution in [0.4, 0.5) is 0 Å². The van der Waals surface area contributed by atoms with Crippen LogP contribution in [-0.2, 0) is 17.8 Å². The lowest BCUT2D eigenvalue weighted by atomic mass is 9.90. The van der Waals surface area contributed by atoms with Crippen molar-refractivity contribution in [2.24, 2.45) is 10.9 Å². The molecule has 2 aliphatic heterocycles. The fraction of sp³-hybridized carbons (Fsp3) is 0.409. The minimum Gasteiger partial charge on any atom is -0.351 e. The van der Waals surface area contributed by atoms with Crippen LogP contribution in [0.3, 0.4) is 0 Å². The summed E-state index contributed by atoms with van der Waals surface area (Å²) in [6.07, 6.45) is 7.18. The predicted octanol–water partition coefficient (Wildman–Crippen LogP) is 4.14. The van der Waals surface area contributed by atoms with Crippen LogP contribution in [0.5, 0.6) is 0 Å². The summed E-state index contributed by atoms with van der Waals surface area (Å²) in [5.41, 5.74) is 3.49. The van der Waals surface area contributed by atoms with E-state index in [1.807, 2.05) is 23.9 Å². The number of carbonyl (C=O) groups is 1. The summed E-state index contributed by atoms with van der Waals surface area (Å²) in [5, 5.41) is 5.21. The minimum atomic E-state index is -0.130. The van der Waals surface area contributed by atoms with E-state index < -0.39 is 0 Å². The molecule has 6 heteroatoms. The van der Waals surface area contributed by atoms with Crippen LogP contribution >= 0.6 is 11.8 Å². The Balaban J connectivity index is 1.36. The second-order valence-electron chi connectivity index (χ2n) is 7.43. The average molecular weight is 395 g/mol. The average Bonchev–Trinajstić information content (AvgIpc) is 3.26. The highest BCUT2D eigenvalue weighted by molar-refractivity contribution is 8.18. The number of aromatic nitrogens is 2. The second kappa shape index (κ2) is 8.35. The molecule has 146 valence electrons. The van der Waals surface area contributed by atoms with E-state index in [0.29, 0.717) is 10.8 Å². The number of hydrogen-bond donors (Lipinski definition) is 0. The van der Waals surface area contributed by atoms with Crippen molar-refractivity contribution in [2.45, 2.75) is 39.7 Å². The molecule has 0 radical (unpaired) electrons. The van der Waals surface area contributed by atoms with Gasteiger partial charge in [0, 0.05) is 30.9 Å². The molecule has 28 heavy (non-hydrogen) atoms. The number of rotatable bonds is 4. The summed E-state index contributed by atoms with van der Waals surface area (Å²) in [4.78, 5) is 19.7. The number of aliphatic imine (C=N–C) groups is 1. The number of thioether (sulfide) groups is 1. The molecular weight excluding hydrogens is 368 g/mol. The number of amides is 1. The highest BCUT2D eigenvalue weighted by Crippen LogP contribution is 2.33. The fourth-order valence-corrected chi connectivity index (χ4v) is 4.83. The largest absolute Gasteiger partial charge is 0.351 e. The van der Waals surface area contributed by atoms with Gasteiger partial charge in [-0.15, -0.1) is 0 Å². The SMILES string of the molecule is CCn1ncc(C=C2SC(N3CCC(Cc4ccccc4)CC3)=NC2=O)c1C. The van der Waals surface area contributed by atoms with E-state index in [1.54, 1.807) is 0 Å². The van der Waals surface area contributed by atoms with Gasteiger partial charge in [0.2, 0.25) is 0 Å². The van der Waals surface area contributed by atoms with Gasteiger partial charge in [-0.25, -0.2) is 0 Å². The summed E-state index contributed by atoms with van der Waals surface area (Å²) in [7, 11) is 0. The van der Waals surface area contributed by atoms with Crippen LogP contribution in [0.1, 0.15) is 36.6 Å². The van der Waals surface area contributed by atoms with E-state index in [-0.39, 0.29) is 5.91 Å². The van der Waals surface area contributed by atoms with Crippen molar-refractivity contribution in [1.82, 2.24) is 14.7 Å². The van der Waals surface area contributed by atoms with Gasteiger partial charge in [-0.05, 0) is 62.4 Å². The van der Waals surface area contributed by atoms with Gasteiger partial charge in [0.15, 0.2) is 5.17 Å². The van der Waals surface area contributed by atoms with Crippen molar-refractivity contribution in [3.05, 3.63) is 58.3 Å². The van der Waals surface area contributed by atoms with Crippen molar-refractivity contribution >= 4 is 28.9 Å². The topological polar surface area (TPSA) is 50.5 Å². The Morgan fingerprint density at radius 1 is 1.21 bits per heavy atom. The molecule has 0 aliphatic carbocycles. The molecule has 4 rings (SSSR count). The number of hydrogen-bond acceptors (Lipinski definition) is 4. The molecule has 0 bridgehead atoms. The molecule has 2 aliphatic rings. The summed E-state index contributed by atoms with van der Waals surface area (Å²) in [5.74, 6) is 0.578. The van der Waals surface area contributed by atoms with E-state index in [1.165, 1.54) is 17.3 Å². The first-order valence-electron chi connectivity index (χ1n) is 9.98. The number of carbonyl (C=O) groups excluding carboxylic acids is 1. The summed E-state index contributed by atoms with van der Waals surface area (Å²) >= 11 is 1.50. The van der Waals surface area contributed by atoms with E-state index in [0.717, 1.165) is 55.3 Å². The number of nitrogens with zero attached hydrogens (tertiary/aromatic N) is 4. The first-order chi connectivity index (χ1) is 13.6. The Labute approximate surface area is 170 Å². The second-order valence-corrected chi connectivity index (χ2v) is 8.44. The number of piperidine rings is 1. The third-order valence-electron chi connectivity index (χ3n) is 5.59. The van der Waals surface area contributed by atoms with Crippen molar-refractivity contribution in [3.63, 3.8) is 0 Å². The van der Waals surface area contributed by atoms with E-state index in [4.69, 9.17) is 0 Å². The lowest BCUT2D eigenvalue weighted by molar-refractivity contribution is -0.113. The zero-order valence-electron chi connectivity index (χ0n) is 16.5. The molecule has 0 N–H and O–H groups in total. The molecule has 5 nitrogen and oxygen atoms in total. The lowest BCUT2D eigenvalue weighted by Crippen LogP contribution is -2.37. The van der Waals surface area contributed by atoms with Gasteiger partial charge in [0.1, 0.15) is 0 Å². The number of aryl methyl sites for hydroxylation is 1. The fourth-order valence-electron chi connectivity index (χ4n) is 3.87. The number of likely N-dealkylation sites (tertiary alicyclic amines) is 1. The van der Waals surface area contributed by atoms with Gasteiger partial charge in [-0.3, -0.25) is 9.48 Å². The maximum Gasteiger partial charge on any atom is 0.286 e. The maximum absolute atomic E-state index is 12.4. The summed E-state index contributed by atoms with van der Waals surface area (Å²) in [6.45, 7) is 6.87. The Kier molecular flexibility index (Phi) is 5.67. The van der Waals surface area contributed by atoms with Gasteiger partial charge in [-0.1, -0.05) is 30.3 Å². The molecule has 0 saturated carbocycles. The van der Waals surface area contributed by atoms with Gasteiger partial charge in [0.25, 0.3) is 5.91 Å². The zero-order valence-corrected chi connectivity index (χ0v) is 17.3. The van der Waals surface area contributed by atoms with Crippen LogP contribution in [0.25, 0.3) is 6.08 Å². The molecule has 1 aromatic carbocycles. The van der Waals surface area contributed by atoms with Crippen LogP contribution in [-0.4, -0.2) is 38.8 Å². The van der Waals surface area contributed by atoms with Crippen molar-refractivity contribution in [2.75, 3.05) is 13.1 Å². The first kappa shape index (κ1) is 19.0. The molecule has 2 aromatic rings. The summed E-state index contributed by atoms with van der Waals surface area (Å²) < 4.78 is 1.94. The Hall–Kier alpha value is -2.34. The van der Waals surface area contributed by atoms with Crippen LogP contribution < -0.4 is 0 Å². The Bertz CT molecular complexity index is 908. The molecular formula is C22H26N4OS.